The van der Waals surface area contributed by atoms with E-state index in [9.17, 15) is 14.7 Å². The molecule has 0 spiro atoms. The topological polar surface area (TPSA) is 94.6 Å². The largest absolute Gasteiger partial charge is 0.391 e. The number of aromatic nitrogens is 1. The summed E-state index contributed by atoms with van der Waals surface area (Å²) in [5.74, 6) is -0.365. The Balaban J connectivity index is 1.95. The lowest BCUT2D eigenvalue weighted by atomic mass is 10.0. The number of amides is 3. The van der Waals surface area contributed by atoms with Crippen molar-refractivity contribution < 1.29 is 14.7 Å². The van der Waals surface area contributed by atoms with Crippen LogP contribution in [0.3, 0.4) is 0 Å². The monoisotopic (exact) mass is 348 g/mol. The molecule has 1 aromatic heterocycles. The molecule has 1 aromatic rings. The molecule has 0 aromatic carbocycles. The van der Waals surface area contributed by atoms with Crippen LogP contribution in [0.15, 0.2) is 12.3 Å². The second-order valence-electron chi connectivity index (χ2n) is 6.63. The van der Waals surface area contributed by atoms with Gasteiger partial charge in [-0.2, -0.15) is 0 Å². The summed E-state index contributed by atoms with van der Waals surface area (Å²) >= 11 is 0. The summed E-state index contributed by atoms with van der Waals surface area (Å²) in [7, 11) is 1.56. The first-order valence-electron chi connectivity index (χ1n) is 8.84. The number of nitrogens with zero attached hydrogens (tertiary/aromatic N) is 2. The van der Waals surface area contributed by atoms with E-state index in [1.165, 1.54) is 0 Å². The Bertz CT molecular complexity index is 620. The predicted molar refractivity (Wildman–Crippen MR) is 96.4 cm³/mol. The van der Waals surface area contributed by atoms with Crippen LogP contribution in [0.1, 0.15) is 37.4 Å². The molecule has 0 saturated carbocycles. The van der Waals surface area contributed by atoms with Crippen LogP contribution in [0.5, 0.6) is 0 Å². The van der Waals surface area contributed by atoms with Crippen molar-refractivity contribution in [1.29, 1.82) is 0 Å². The Morgan fingerprint density at radius 3 is 2.80 bits per heavy atom. The van der Waals surface area contributed by atoms with Crippen molar-refractivity contribution in [2.45, 2.75) is 45.6 Å². The number of hydrogen-bond donors (Lipinski definition) is 3. The highest BCUT2D eigenvalue weighted by atomic mass is 16.3. The fourth-order valence-electron chi connectivity index (χ4n) is 2.99. The molecule has 2 heterocycles. The molecule has 2 rings (SSSR count). The molecule has 2 atom stereocenters. The van der Waals surface area contributed by atoms with E-state index in [1.54, 1.807) is 18.1 Å². The fourth-order valence-corrected chi connectivity index (χ4v) is 2.99. The lowest BCUT2D eigenvalue weighted by Gasteiger charge is -2.18. The van der Waals surface area contributed by atoms with Gasteiger partial charge in [0.2, 0.25) is 5.91 Å². The Morgan fingerprint density at radius 2 is 2.16 bits per heavy atom. The van der Waals surface area contributed by atoms with Crippen molar-refractivity contribution in [3.63, 3.8) is 0 Å². The Morgan fingerprint density at radius 1 is 1.40 bits per heavy atom. The Kier molecular flexibility index (Phi) is 6.75. The van der Waals surface area contributed by atoms with Gasteiger partial charge >= 0.3 is 6.03 Å². The molecule has 3 amide bonds. The predicted octanol–water partition coefficient (Wildman–Crippen LogP) is 1.69. The molecule has 7 heteroatoms. The van der Waals surface area contributed by atoms with Crippen LogP contribution in [0, 0.1) is 12.8 Å². The highest BCUT2D eigenvalue weighted by Crippen LogP contribution is 2.22. The summed E-state index contributed by atoms with van der Waals surface area (Å²) in [6.45, 7) is 4.68. The maximum absolute atomic E-state index is 12.4. The molecule has 1 fully saturated rings. The molecule has 1 aliphatic heterocycles. The van der Waals surface area contributed by atoms with Crippen molar-refractivity contribution in [3.05, 3.63) is 23.5 Å². The minimum atomic E-state index is -0.682. The number of aliphatic hydroxyl groups is 1. The normalized spacial score (nSPS) is 19.8. The minimum absolute atomic E-state index is 0.131. The van der Waals surface area contributed by atoms with Gasteiger partial charge in [-0.05, 0) is 31.4 Å². The number of carbonyl (C=O) groups excluding carboxylic acids is 2. The summed E-state index contributed by atoms with van der Waals surface area (Å²) in [5, 5.41) is 15.5. The number of urea groups is 1. The van der Waals surface area contributed by atoms with Crippen molar-refractivity contribution in [3.8, 4) is 0 Å². The summed E-state index contributed by atoms with van der Waals surface area (Å²) in [6, 6.07) is 1.73. The van der Waals surface area contributed by atoms with Gasteiger partial charge in [0.1, 0.15) is 0 Å². The average Bonchev–Trinajstić information content (AvgIpc) is 2.95. The molecular weight excluding hydrogens is 320 g/mol. The van der Waals surface area contributed by atoms with Gasteiger partial charge in [-0.1, -0.05) is 13.3 Å². The molecule has 0 unspecified atom stereocenters. The van der Waals surface area contributed by atoms with Crippen molar-refractivity contribution in [2.75, 3.05) is 25.5 Å². The zero-order valence-electron chi connectivity index (χ0n) is 15.2. The van der Waals surface area contributed by atoms with Gasteiger partial charge in [-0.25, -0.2) is 4.79 Å². The van der Waals surface area contributed by atoms with Gasteiger partial charge in [0, 0.05) is 38.2 Å². The van der Waals surface area contributed by atoms with Gasteiger partial charge in [-0.3, -0.25) is 9.78 Å². The zero-order chi connectivity index (χ0) is 18.4. The number of likely N-dealkylation sites (tertiary alicyclic amines) is 1. The van der Waals surface area contributed by atoms with E-state index in [0.717, 1.165) is 30.5 Å². The second-order valence-corrected chi connectivity index (χ2v) is 6.63. The number of hydrogen-bond acceptors (Lipinski definition) is 4. The number of carbonyl (C=O) groups is 2. The van der Waals surface area contributed by atoms with Gasteiger partial charge in [0.15, 0.2) is 0 Å². The third-order valence-corrected chi connectivity index (χ3v) is 4.62. The fraction of sp³-hybridized carbons (Fsp3) is 0.611. The standard InChI is InChI=1S/C18H28N4O3/c1-4-5-6-14-7-12(2)15(9-20-14)21-18(25)22-10-13(16(23)11-22)8-17(24)19-3/h7,9,13,16,23H,4-6,8,10-11H2,1-3H3,(H,19,24)(H,21,25)/t13-,16-/m1/s1. The van der Waals surface area contributed by atoms with Crippen LogP contribution >= 0.6 is 0 Å². The molecule has 3 N–H and O–H groups in total. The number of pyridine rings is 1. The van der Waals surface area contributed by atoms with Gasteiger partial charge < -0.3 is 20.6 Å². The molecule has 7 nitrogen and oxygen atoms in total. The SMILES string of the molecule is CCCCc1cc(C)c(NC(=O)N2C[C@@H](CC(=O)NC)[C@H](O)C2)cn1. The van der Waals surface area contributed by atoms with Gasteiger partial charge in [-0.15, -0.1) is 0 Å². The zero-order valence-corrected chi connectivity index (χ0v) is 15.2. The van der Waals surface area contributed by atoms with Crippen LogP contribution < -0.4 is 10.6 Å². The molecule has 0 bridgehead atoms. The second kappa shape index (κ2) is 8.80. The van der Waals surface area contributed by atoms with Crippen LogP contribution in [0.2, 0.25) is 0 Å². The molecule has 0 aliphatic carbocycles. The molecular formula is C18H28N4O3. The highest BCUT2D eigenvalue weighted by Gasteiger charge is 2.35. The number of anilines is 1. The highest BCUT2D eigenvalue weighted by molar-refractivity contribution is 5.90. The quantitative estimate of drug-likeness (QED) is 0.729. The lowest BCUT2D eigenvalue weighted by molar-refractivity contribution is -0.122. The number of nitrogens with one attached hydrogen (secondary N) is 2. The molecule has 1 saturated heterocycles. The maximum atomic E-state index is 12.4. The minimum Gasteiger partial charge on any atom is -0.391 e. The molecule has 138 valence electrons. The first-order chi connectivity index (χ1) is 11.9. The summed E-state index contributed by atoms with van der Waals surface area (Å²) in [6.07, 6.45) is 4.37. The van der Waals surface area contributed by atoms with E-state index in [-0.39, 0.29) is 30.8 Å². The van der Waals surface area contributed by atoms with Crippen molar-refractivity contribution >= 4 is 17.6 Å². The molecule has 1 aliphatic rings. The number of aryl methyl sites for hydroxylation is 2. The number of rotatable bonds is 6. The van der Waals surface area contributed by atoms with E-state index in [1.807, 2.05) is 13.0 Å². The number of β-amino-alcohol motifs (C(OH)–C–C–N with tert-alkyl or cyclic N) is 1. The van der Waals surface area contributed by atoms with E-state index >= 15 is 0 Å². The summed E-state index contributed by atoms with van der Waals surface area (Å²) in [5.41, 5.74) is 2.67. The average molecular weight is 348 g/mol. The first-order valence-corrected chi connectivity index (χ1v) is 8.84. The van der Waals surface area contributed by atoms with E-state index in [0.29, 0.717) is 12.2 Å². The van der Waals surface area contributed by atoms with Crippen LogP contribution in [-0.2, 0) is 11.2 Å². The maximum Gasteiger partial charge on any atom is 0.321 e. The van der Waals surface area contributed by atoms with Gasteiger partial charge in [0.05, 0.1) is 18.0 Å². The molecule has 0 radical (unpaired) electrons. The van der Waals surface area contributed by atoms with Crippen LogP contribution in [0.25, 0.3) is 0 Å². The summed E-state index contributed by atoms with van der Waals surface area (Å²) in [4.78, 5) is 29.9. The number of unbranched alkanes of at least 4 members (excludes halogenated alkanes) is 1. The summed E-state index contributed by atoms with van der Waals surface area (Å²) < 4.78 is 0. The van der Waals surface area contributed by atoms with Crippen molar-refractivity contribution in [1.82, 2.24) is 15.2 Å². The first kappa shape index (κ1) is 19.2. The lowest BCUT2D eigenvalue weighted by Crippen LogP contribution is -2.34. The van der Waals surface area contributed by atoms with E-state index in [2.05, 4.69) is 22.5 Å². The Hall–Kier alpha value is -2.15. The van der Waals surface area contributed by atoms with E-state index < -0.39 is 6.10 Å². The smallest absolute Gasteiger partial charge is 0.321 e. The van der Waals surface area contributed by atoms with E-state index in [4.69, 9.17) is 0 Å². The molecule has 25 heavy (non-hydrogen) atoms. The van der Waals surface area contributed by atoms with Crippen LogP contribution in [0.4, 0.5) is 10.5 Å². The van der Waals surface area contributed by atoms with Gasteiger partial charge in [0.25, 0.3) is 0 Å². The Labute approximate surface area is 148 Å². The number of aliphatic hydroxyl groups excluding tert-OH is 1. The third kappa shape index (κ3) is 5.16. The van der Waals surface area contributed by atoms with Crippen LogP contribution in [-0.4, -0.2) is 53.2 Å². The van der Waals surface area contributed by atoms with Crippen molar-refractivity contribution in [2.24, 2.45) is 5.92 Å². The third-order valence-electron chi connectivity index (χ3n) is 4.62.